The zero-order valence-corrected chi connectivity index (χ0v) is 29.4. The van der Waals surface area contributed by atoms with Gasteiger partial charge in [0.2, 0.25) is 0 Å². The first-order valence-electron chi connectivity index (χ1n) is 18.6. The Bertz CT molecular complexity index is 1620. The summed E-state index contributed by atoms with van der Waals surface area (Å²) in [6.45, 7) is 3.86. The van der Waals surface area contributed by atoms with Gasteiger partial charge in [-0.1, -0.05) is 86.6 Å². The Kier molecular flexibility index (Phi) is 11.3. The van der Waals surface area contributed by atoms with Gasteiger partial charge in [0.25, 0.3) is 0 Å². The van der Waals surface area contributed by atoms with Crippen LogP contribution in [-0.4, -0.2) is 27.6 Å². The molecular formula is C45H50O5. The molecule has 0 heterocycles. The van der Waals surface area contributed by atoms with E-state index in [2.05, 4.69) is 24.3 Å². The Morgan fingerprint density at radius 2 is 0.840 bits per heavy atom. The number of carbonyl (C=O) groups excluding carboxylic acids is 3. The molecule has 260 valence electrons. The highest BCUT2D eigenvalue weighted by atomic mass is 16.3. The van der Waals surface area contributed by atoms with Crippen LogP contribution in [0.15, 0.2) is 97.1 Å². The maximum atomic E-state index is 13.6. The summed E-state index contributed by atoms with van der Waals surface area (Å²) in [5.74, 6) is 2.82. The number of rotatable bonds is 12. The molecule has 0 radical (unpaired) electrons. The van der Waals surface area contributed by atoms with Crippen molar-refractivity contribution in [3.8, 4) is 11.5 Å². The molecular weight excluding hydrogens is 620 g/mol. The molecule has 2 saturated carbocycles. The van der Waals surface area contributed by atoms with Crippen LogP contribution in [0.25, 0.3) is 0 Å². The molecule has 2 aliphatic carbocycles. The van der Waals surface area contributed by atoms with Crippen LogP contribution < -0.4 is 0 Å². The van der Waals surface area contributed by atoms with Crippen molar-refractivity contribution in [2.24, 2.45) is 11.8 Å². The molecule has 2 aliphatic rings. The molecule has 50 heavy (non-hydrogen) atoms. The Hall–Kier alpha value is -4.51. The molecule has 4 aromatic rings. The third-order valence-corrected chi connectivity index (χ3v) is 11.7. The lowest BCUT2D eigenvalue weighted by molar-refractivity contribution is -0.120. The summed E-state index contributed by atoms with van der Waals surface area (Å²) in [6.07, 6.45) is 8.06. The standard InChI is InChI=1S/C45H50O5/c1-3-39(46)27-37-25-35(29-13-19-41(48)20-14-29)17-23-43(37)31-5-9-33(10-6-31)45(50)34-11-7-32(8-12-34)44-24-18-36(26-38(44)28-40(47)4-2)30-15-21-42(49)22-16-30/h5-16,19-22,35-38,43-44,48-49H,3-4,17-18,23-28H2,1-2H3. The van der Waals surface area contributed by atoms with E-state index in [0.717, 1.165) is 38.5 Å². The van der Waals surface area contributed by atoms with Crippen molar-refractivity contribution in [3.05, 3.63) is 130 Å². The molecule has 6 atom stereocenters. The van der Waals surface area contributed by atoms with E-state index < -0.39 is 0 Å². The first-order chi connectivity index (χ1) is 24.2. The summed E-state index contributed by atoms with van der Waals surface area (Å²) in [5, 5.41) is 19.5. The topological polar surface area (TPSA) is 91.7 Å². The maximum absolute atomic E-state index is 13.6. The second-order valence-corrected chi connectivity index (χ2v) is 14.7. The minimum Gasteiger partial charge on any atom is -0.508 e. The largest absolute Gasteiger partial charge is 0.508 e. The number of aromatic hydroxyl groups is 2. The van der Waals surface area contributed by atoms with Crippen molar-refractivity contribution < 1.29 is 24.6 Å². The Morgan fingerprint density at radius 3 is 1.18 bits per heavy atom. The number of ketones is 3. The predicted octanol–water partition coefficient (Wildman–Crippen LogP) is 10.4. The van der Waals surface area contributed by atoms with Crippen LogP contribution in [0.4, 0.5) is 0 Å². The number of Topliss-reactive ketones (excluding diaryl/α,β-unsaturated/α-hetero) is 2. The first kappa shape index (κ1) is 35.3. The summed E-state index contributed by atoms with van der Waals surface area (Å²) in [4.78, 5) is 38.9. The highest BCUT2D eigenvalue weighted by Crippen LogP contribution is 2.48. The van der Waals surface area contributed by atoms with Gasteiger partial charge in [0.05, 0.1) is 0 Å². The molecule has 6 rings (SSSR count). The second kappa shape index (κ2) is 16.0. The highest BCUT2D eigenvalue weighted by Gasteiger charge is 2.35. The zero-order chi connectivity index (χ0) is 35.2. The van der Waals surface area contributed by atoms with E-state index in [1.807, 2.05) is 62.4 Å². The van der Waals surface area contributed by atoms with Gasteiger partial charge in [0.1, 0.15) is 23.1 Å². The van der Waals surface area contributed by atoms with E-state index in [4.69, 9.17) is 0 Å². The monoisotopic (exact) mass is 670 g/mol. The zero-order valence-electron chi connectivity index (χ0n) is 29.4. The Labute approximate surface area is 296 Å². The molecule has 0 spiro atoms. The van der Waals surface area contributed by atoms with Crippen LogP contribution in [0, 0.1) is 11.8 Å². The molecule has 5 heteroatoms. The molecule has 2 N–H and O–H groups in total. The van der Waals surface area contributed by atoms with E-state index in [-0.39, 0.29) is 52.5 Å². The fourth-order valence-electron chi connectivity index (χ4n) is 8.76. The molecule has 0 aromatic heterocycles. The van der Waals surface area contributed by atoms with Gasteiger partial charge in [0, 0.05) is 36.8 Å². The van der Waals surface area contributed by atoms with Gasteiger partial charge in [-0.05, 0) is 121 Å². The minimum atomic E-state index is -0.00871. The minimum absolute atomic E-state index is 0.00871. The average Bonchev–Trinajstić information content (AvgIpc) is 3.15. The Morgan fingerprint density at radius 1 is 0.500 bits per heavy atom. The third-order valence-electron chi connectivity index (χ3n) is 11.7. The second-order valence-electron chi connectivity index (χ2n) is 14.7. The van der Waals surface area contributed by atoms with Crippen LogP contribution in [0.3, 0.4) is 0 Å². The number of benzene rings is 4. The summed E-state index contributed by atoms with van der Waals surface area (Å²) < 4.78 is 0. The highest BCUT2D eigenvalue weighted by molar-refractivity contribution is 6.09. The number of phenolic OH excluding ortho intramolecular Hbond substituents is 2. The van der Waals surface area contributed by atoms with Gasteiger partial charge in [-0.2, -0.15) is 0 Å². The van der Waals surface area contributed by atoms with Crippen molar-refractivity contribution in [2.45, 2.75) is 102 Å². The maximum Gasteiger partial charge on any atom is 0.193 e. The SMILES string of the molecule is CCC(=O)CC1CC(c2ccc(O)cc2)CCC1c1ccc(C(=O)c2ccc(C3CCC(c4ccc(O)cc4)CC3CC(=O)CC)cc2)cc1. The fourth-order valence-corrected chi connectivity index (χ4v) is 8.76. The first-order valence-corrected chi connectivity index (χ1v) is 18.6. The lowest BCUT2D eigenvalue weighted by Gasteiger charge is -2.37. The van der Waals surface area contributed by atoms with Crippen LogP contribution >= 0.6 is 0 Å². The van der Waals surface area contributed by atoms with Crippen molar-refractivity contribution in [1.82, 2.24) is 0 Å². The van der Waals surface area contributed by atoms with Crippen molar-refractivity contribution in [3.63, 3.8) is 0 Å². The van der Waals surface area contributed by atoms with Crippen molar-refractivity contribution in [2.75, 3.05) is 0 Å². The molecule has 0 saturated heterocycles. The van der Waals surface area contributed by atoms with Crippen molar-refractivity contribution in [1.29, 1.82) is 0 Å². The van der Waals surface area contributed by atoms with Crippen molar-refractivity contribution >= 4 is 17.3 Å². The summed E-state index contributed by atoms with van der Waals surface area (Å²) in [5.41, 5.74) is 6.11. The van der Waals surface area contributed by atoms with E-state index in [9.17, 15) is 24.6 Å². The van der Waals surface area contributed by atoms with E-state index in [1.54, 1.807) is 24.3 Å². The molecule has 0 bridgehead atoms. The Balaban J connectivity index is 1.14. The molecule has 5 nitrogen and oxygen atoms in total. The molecule has 4 aromatic carbocycles. The quantitative estimate of drug-likeness (QED) is 0.146. The third kappa shape index (κ3) is 8.26. The number of hydrogen-bond donors (Lipinski definition) is 2. The van der Waals surface area contributed by atoms with E-state index in [1.165, 1.54) is 22.3 Å². The molecule has 6 unspecified atom stereocenters. The van der Waals surface area contributed by atoms with E-state index >= 15 is 0 Å². The summed E-state index contributed by atoms with van der Waals surface area (Å²) in [7, 11) is 0. The fraction of sp³-hybridized carbons (Fsp3) is 0.400. The predicted molar refractivity (Wildman–Crippen MR) is 198 cm³/mol. The van der Waals surface area contributed by atoms with Crippen LogP contribution in [0.5, 0.6) is 11.5 Å². The number of hydrogen-bond acceptors (Lipinski definition) is 5. The normalized spacial score (nSPS) is 23.6. The summed E-state index contributed by atoms with van der Waals surface area (Å²) in [6, 6.07) is 31.1. The van der Waals surface area contributed by atoms with E-state index in [0.29, 0.717) is 48.6 Å². The van der Waals surface area contributed by atoms with Gasteiger partial charge >= 0.3 is 0 Å². The van der Waals surface area contributed by atoms with Gasteiger partial charge in [-0.15, -0.1) is 0 Å². The molecule has 2 fully saturated rings. The van der Waals surface area contributed by atoms with Crippen LogP contribution in [-0.2, 0) is 9.59 Å². The van der Waals surface area contributed by atoms with Crippen LogP contribution in [0.2, 0.25) is 0 Å². The molecule has 0 amide bonds. The number of phenols is 2. The van der Waals surface area contributed by atoms with Gasteiger partial charge in [-0.3, -0.25) is 14.4 Å². The smallest absolute Gasteiger partial charge is 0.193 e. The number of carbonyl (C=O) groups is 3. The van der Waals surface area contributed by atoms with Gasteiger partial charge in [0.15, 0.2) is 5.78 Å². The van der Waals surface area contributed by atoms with Gasteiger partial charge in [-0.25, -0.2) is 0 Å². The average molecular weight is 671 g/mol. The summed E-state index contributed by atoms with van der Waals surface area (Å²) >= 11 is 0. The lowest BCUT2D eigenvalue weighted by Crippen LogP contribution is -2.25. The van der Waals surface area contributed by atoms with Gasteiger partial charge < -0.3 is 10.2 Å². The molecule has 0 aliphatic heterocycles. The lowest BCUT2D eigenvalue weighted by atomic mass is 9.67. The van der Waals surface area contributed by atoms with Crippen LogP contribution in [0.1, 0.15) is 140 Å².